The third kappa shape index (κ3) is 3.82. The van der Waals surface area contributed by atoms with Gasteiger partial charge in [0, 0.05) is 25.6 Å². The van der Waals surface area contributed by atoms with Gasteiger partial charge in [-0.1, -0.05) is 44.0 Å². The number of amides is 1. The van der Waals surface area contributed by atoms with E-state index in [-0.39, 0.29) is 27.4 Å². The third-order valence-corrected chi connectivity index (χ3v) is 3.88. The first-order valence-corrected chi connectivity index (χ1v) is 7.99. The van der Waals surface area contributed by atoms with Crippen LogP contribution in [0.5, 0.6) is 5.75 Å². The minimum Gasteiger partial charge on any atom is -0.410 e. The van der Waals surface area contributed by atoms with Crippen LogP contribution < -0.4 is 10.5 Å². The summed E-state index contributed by atoms with van der Waals surface area (Å²) in [6, 6.07) is 2.05. The summed E-state index contributed by atoms with van der Waals surface area (Å²) in [5.41, 5.74) is -0.801. The van der Waals surface area contributed by atoms with Crippen molar-refractivity contribution in [3.63, 3.8) is 0 Å². The molecule has 0 aliphatic heterocycles. The van der Waals surface area contributed by atoms with Crippen LogP contribution in [-0.4, -0.2) is 29.7 Å². The standard InChI is InChI=1S/C16H17Cl2FN2O4/c1-16(2,3)12-13(18)21(15(23)25-12)10-7-11(8(17)6-9(10)19)24-14(22)20(4)5/h6-7H,1-5H3. The number of aromatic nitrogens is 1. The highest BCUT2D eigenvalue weighted by molar-refractivity contribution is 6.32. The van der Waals surface area contributed by atoms with Crippen molar-refractivity contribution in [3.05, 3.63) is 44.4 Å². The molecule has 25 heavy (non-hydrogen) atoms. The van der Waals surface area contributed by atoms with Gasteiger partial charge in [-0.3, -0.25) is 0 Å². The molecule has 1 heterocycles. The van der Waals surface area contributed by atoms with Crippen LogP contribution in [0.2, 0.25) is 10.2 Å². The van der Waals surface area contributed by atoms with Crippen molar-refractivity contribution in [2.24, 2.45) is 0 Å². The minimum atomic E-state index is -0.860. The summed E-state index contributed by atoms with van der Waals surface area (Å²) in [5, 5.41) is -0.191. The second kappa shape index (κ2) is 6.72. The fourth-order valence-electron chi connectivity index (χ4n) is 1.98. The van der Waals surface area contributed by atoms with Gasteiger partial charge >= 0.3 is 11.8 Å². The molecular formula is C16H17Cl2FN2O4. The van der Waals surface area contributed by atoms with Gasteiger partial charge in [-0.25, -0.2) is 18.5 Å². The minimum absolute atomic E-state index is 0.0661. The molecule has 0 atom stereocenters. The van der Waals surface area contributed by atoms with E-state index in [1.807, 2.05) is 0 Å². The second-order valence-electron chi connectivity index (χ2n) is 6.57. The number of carbonyl (C=O) groups is 1. The molecule has 0 unspecified atom stereocenters. The van der Waals surface area contributed by atoms with E-state index in [4.69, 9.17) is 32.4 Å². The smallest absolute Gasteiger partial charge is 0.410 e. The van der Waals surface area contributed by atoms with Crippen molar-refractivity contribution in [2.75, 3.05) is 14.1 Å². The maximum atomic E-state index is 14.4. The molecule has 6 nitrogen and oxygen atoms in total. The first-order valence-electron chi connectivity index (χ1n) is 7.24. The van der Waals surface area contributed by atoms with Gasteiger partial charge in [-0.2, -0.15) is 0 Å². The molecule has 136 valence electrons. The van der Waals surface area contributed by atoms with E-state index < -0.39 is 23.1 Å². The summed E-state index contributed by atoms with van der Waals surface area (Å²) in [6.45, 7) is 5.39. The average Bonchev–Trinajstić information content (AvgIpc) is 2.77. The van der Waals surface area contributed by atoms with Gasteiger partial charge in [0.1, 0.15) is 5.82 Å². The van der Waals surface area contributed by atoms with E-state index in [2.05, 4.69) is 0 Å². The SMILES string of the molecule is CN(C)C(=O)Oc1cc(-n2c(Cl)c(C(C)(C)C)oc2=O)c(F)cc1Cl. The molecular weight excluding hydrogens is 374 g/mol. The van der Waals surface area contributed by atoms with Crippen molar-refractivity contribution < 1.29 is 18.3 Å². The Morgan fingerprint density at radius 3 is 2.36 bits per heavy atom. The summed E-state index contributed by atoms with van der Waals surface area (Å²) < 4.78 is 25.5. The molecule has 9 heteroatoms. The van der Waals surface area contributed by atoms with Gasteiger partial charge in [-0.15, -0.1) is 0 Å². The predicted molar refractivity (Wildman–Crippen MR) is 92.7 cm³/mol. The van der Waals surface area contributed by atoms with Crippen LogP contribution >= 0.6 is 23.2 Å². The number of hydrogen-bond acceptors (Lipinski definition) is 4. The van der Waals surface area contributed by atoms with Crippen molar-refractivity contribution in [1.29, 1.82) is 0 Å². The molecule has 1 aromatic carbocycles. The lowest BCUT2D eigenvalue weighted by atomic mass is 9.94. The molecule has 0 N–H and O–H groups in total. The molecule has 2 aromatic rings. The molecule has 0 fully saturated rings. The Morgan fingerprint density at radius 2 is 1.88 bits per heavy atom. The quantitative estimate of drug-likeness (QED) is 0.769. The fourth-order valence-corrected chi connectivity index (χ4v) is 2.65. The third-order valence-electron chi connectivity index (χ3n) is 3.24. The van der Waals surface area contributed by atoms with Gasteiger partial charge in [0.25, 0.3) is 0 Å². The highest BCUT2D eigenvalue weighted by Crippen LogP contribution is 2.34. The summed E-state index contributed by atoms with van der Waals surface area (Å²) in [4.78, 5) is 25.1. The molecule has 0 spiro atoms. The summed E-state index contributed by atoms with van der Waals surface area (Å²) >= 11 is 12.1. The molecule has 1 amide bonds. The van der Waals surface area contributed by atoms with Crippen LogP contribution in [-0.2, 0) is 5.41 Å². The van der Waals surface area contributed by atoms with Gasteiger partial charge in [0.15, 0.2) is 16.7 Å². The Labute approximate surface area is 153 Å². The Balaban J connectivity index is 2.63. The fraction of sp³-hybridized carbons (Fsp3) is 0.375. The monoisotopic (exact) mass is 390 g/mol. The number of carbonyl (C=O) groups excluding carboxylic acids is 1. The molecule has 0 aliphatic rings. The van der Waals surface area contributed by atoms with Crippen molar-refractivity contribution in [1.82, 2.24) is 9.47 Å². The van der Waals surface area contributed by atoms with E-state index in [1.165, 1.54) is 19.0 Å². The van der Waals surface area contributed by atoms with Crippen LogP contribution in [0.4, 0.5) is 9.18 Å². The van der Waals surface area contributed by atoms with Gasteiger partial charge in [0.2, 0.25) is 0 Å². The van der Waals surface area contributed by atoms with Gasteiger partial charge in [-0.05, 0) is 6.07 Å². The first-order chi connectivity index (χ1) is 11.4. The highest BCUT2D eigenvalue weighted by Gasteiger charge is 2.28. The number of oxazole rings is 1. The summed E-state index contributed by atoms with van der Waals surface area (Å²) in [7, 11) is 2.96. The zero-order chi connectivity index (χ0) is 19.1. The largest absolute Gasteiger partial charge is 0.425 e. The summed E-state index contributed by atoms with van der Waals surface area (Å²) in [6.07, 6.45) is -0.708. The van der Waals surface area contributed by atoms with Crippen molar-refractivity contribution >= 4 is 29.3 Å². The molecule has 0 saturated heterocycles. The molecule has 0 aliphatic carbocycles. The lowest BCUT2D eigenvalue weighted by Crippen LogP contribution is -2.25. The van der Waals surface area contributed by atoms with Crippen LogP contribution in [0.1, 0.15) is 26.5 Å². The summed E-state index contributed by atoms with van der Waals surface area (Å²) in [5.74, 6) is -1.58. The molecule has 0 radical (unpaired) electrons. The van der Waals surface area contributed by atoms with E-state index in [9.17, 15) is 14.0 Å². The number of ether oxygens (including phenoxy) is 1. The first kappa shape index (κ1) is 19.3. The zero-order valence-corrected chi connectivity index (χ0v) is 15.8. The van der Waals surface area contributed by atoms with Crippen LogP contribution in [0.15, 0.2) is 21.3 Å². The molecule has 0 bridgehead atoms. The lowest BCUT2D eigenvalue weighted by Gasteiger charge is -2.15. The highest BCUT2D eigenvalue weighted by atomic mass is 35.5. The maximum absolute atomic E-state index is 14.4. The Kier molecular flexibility index (Phi) is 5.20. The van der Waals surface area contributed by atoms with Crippen molar-refractivity contribution in [3.8, 4) is 11.4 Å². The number of rotatable bonds is 2. The molecule has 0 saturated carbocycles. The molecule has 1 aromatic heterocycles. The second-order valence-corrected chi connectivity index (χ2v) is 7.33. The van der Waals surface area contributed by atoms with Crippen LogP contribution in [0.25, 0.3) is 5.69 Å². The van der Waals surface area contributed by atoms with E-state index in [1.54, 1.807) is 20.8 Å². The van der Waals surface area contributed by atoms with Crippen LogP contribution in [0, 0.1) is 5.82 Å². The Hall–Kier alpha value is -1.99. The lowest BCUT2D eigenvalue weighted by molar-refractivity contribution is 0.172. The zero-order valence-electron chi connectivity index (χ0n) is 14.3. The number of benzene rings is 1. The van der Waals surface area contributed by atoms with E-state index >= 15 is 0 Å². The number of nitrogens with zero attached hydrogens (tertiary/aromatic N) is 2. The topological polar surface area (TPSA) is 64.7 Å². The predicted octanol–water partition coefficient (Wildman–Crippen LogP) is 4.23. The Bertz CT molecular complexity index is 881. The van der Waals surface area contributed by atoms with Crippen molar-refractivity contribution in [2.45, 2.75) is 26.2 Å². The normalized spacial score (nSPS) is 11.5. The molecule has 2 rings (SSSR count). The van der Waals surface area contributed by atoms with E-state index in [0.717, 1.165) is 16.7 Å². The van der Waals surface area contributed by atoms with Gasteiger partial charge < -0.3 is 14.1 Å². The van der Waals surface area contributed by atoms with Crippen LogP contribution in [0.3, 0.4) is 0 Å². The Morgan fingerprint density at radius 1 is 1.28 bits per heavy atom. The number of halogens is 3. The van der Waals surface area contributed by atoms with E-state index in [0.29, 0.717) is 0 Å². The average molecular weight is 391 g/mol. The maximum Gasteiger partial charge on any atom is 0.425 e. The number of hydrogen-bond donors (Lipinski definition) is 0. The van der Waals surface area contributed by atoms with Gasteiger partial charge in [0.05, 0.1) is 10.7 Å².